The Hall–Kier alpha value is 0.510. The average molecular weight is 1060 g/mol. The molecule has 0 aliphatic heterocycles. The van der Waals surface area contributed by atoms with Crippen molar-refractivity contribution in [3.8, 4) is 5.75 Å². The summed E-state index contributed by atoms with van der Waals surface area (Å²) in [5, 5.41) is 64.4. The number of aromatic carboxylic acids is 1. The number of hydrogen-bond acceptors (Lipinski definition) is 28. The van der Waals surface area contributed by atoms with Gasteiger partial charge in [0.15, 0.2) is 37.7 Å². The second kappa shape index (κ2) is 29.6. The minimum atomic E-state index is -5.44. The van der Waals surface area contributed by atoms with Crippen LogP contribution < -0.4 is 169 Å². The van der Waals surface area contributed by atoms with Gasteiger partial charge in [-0.1, -0.05) is 0 Å². The molecule has 4 rings (SSSR count). The molecule has 0 atom stereocenters. The summed E-state index contributed by atoms with van der Waals surface area (Å²) in [7, 11) is -19.0. The molecule has 0 spiro atoms. The molecule has 0 heterocycles. The van der Waals surface area contributed by atoms with Gasteiger partial charge in [0, 0.05) is 5.56 Å². The summed E-state index contributed by atoms with van der Waals surface area (Å²) in [6.07, 6.45) is 0. The molecule has 4 aromatic carbocycles. The maximum Gasteiger partial charge on any atom is 1.00 e. The zero-order valence-corrected chi connectivity index (χ0v) is 48.4. The van der Waals surface area contributed by atoms with Crippen LogP contribution in [0, 0.1) is 0 Å². The number of phenolic OH excluding ortho intramolecular Hbond substituents is 1. The monoisotopic (exact) mass is 1060 g/mol. The Morgan fingerprint density at radius 2 is 1.28 bits per heavy atom. The third kappa shape index (κ3) is 19.0. The van der Waals surface area contributed by atoms with Crippen molar-refractivity contribution < 1.29 is 243 Å². The van der Waals surface area contributed by atoms with E-state index in [-0.39, 0.29) is 193 Å². The van der Waals surface area contributed by atoms with Crippen LogP contribution in [0.25, 0.3) is 10.8 Å². The Balaban J connectivity index is 0. The van der Waals surface area contributed by atoms with Crippen molar-refractivity contribution in [3.63, 3.8) is 0 Å². The van der Waals surface area contributed by atoms with E-state index in [0.717, 1.165) is 42.5 Å². The van der Waals surface area contributed by atoms with Gasteiger partial charge in [0.2, 0.25) is 10.4 Å². The molecule has 0 radical (unpaired) electrons. The van der Waals surface area contributed by atoms with E-state index in [2.05, 4.69) is 47.6 Å². The molecule has 0 aromatic heterocycles. The Kier molecular flexibility index (Phi) is 30.8. The van der Waals surface area contributed by atoms with E-state index < -0.39 is 120 Å². The summed E-state index contributed by atoms with van der Waals surface area (Å²) in [6, 6.07) is 8.26. The van der Waals surface area contributed by atoms with Gasteiger partial charge in [-0.3, -0.25) is 18.4 Å². The minimum Gasteiger partial charge on any atom is -0.744 e. The van der Waals surface area contributed by atoms with Gasteiger partial charge in [0.05, 0.1) is 84.8 Å². The summed E-state index contributed by atoms with van der Waals surface area (Å²) >= 11 is 0.110. The van der Waals surface area contributed by atoms with E-state index in [4.69, 9.17) is 5.73 Å². The number of phenols is 1. The SMILES string of the molecule is Nc1c(N=Nc2ccc(S(=O)(=O)CCOS(=O)(=O)[O-])cc2)c(S(=O)(=O)[O-])cc2cc(SOO[O-])c(N=Nc3ccc(S(=O)(=O)CCOSOO[O-])cc3C(=O)[O-])c(O)c12.[Na+].[Na+].[Na+].[Na+].[Na+]. The van der Waals surface area contributed by atoms with Gasteiger partial charge < -0.3 is 40.4 Å². The molecule has 320 valence electrons. The van der Waals surface area contributed by atoms with Crippen LogP contribution in [0.2, 0.25) is 0 Å². The number of nitrogens with zero attached hydrogens (tertiary/aromatic N) is 4. The molecular formula is C27H20N5Na5O21S6. The zero-order chi connectivity index (χ0) is 43.8. The molecule has 0 amide bonds. The van der Waals surface area contributed by atoms with Crippen molar-refractivity contribution in [1.82, 2.24) is 0 Å². The summed E-state index contributed by atoms with van der Waals surface area (Å²) in [6.45, 7) is -1.51. The molecule has 3 N–H and O–H groups in total. The molecule has 0 unspecified atom stereocenters. The molecule has 0 aliphatic rings. The van der Waals surface area contributed by atoms with Gasteiger partial charge in [-0.05, 0) is 60.0 Å². The van der Waals surface area contributed by atoms with E-state index in [9.17, 15) is 68.3 Å². The Labute approximate surface area is 482 Å². The molecule has 0 fully saturated rings. The number of nitrogens with two attached hydrogens (primary N) is 1. The smallest absolute Gasteiger partial charge is 0.744 e. The van der Waals surface area contributed by atoms with Crippen molar-refractivity contribution in [3.05, 3.63) is 60.2 Å². The number of carboxylic acids is 1. The number of nitrogen functional groups attached to an aromatic ring is 1. The van der Waals surface area contributed by atoms with E-state index in [0.29, 0.717) is 12.1 Å². The molecule has 26 nitrogen and oxygen atoms in total. The number of carbonyl (C=O) groups is 1. The Bertz CT molecular complexity index is 2760. The van der Waals surface area contributed by atoms with E-state index >= 15 is 0 Å². The zero-order valence-electron chi connectivity index (χ0n) is 33.5. The minimum absolute atomic E-state index is 0. The number of fused-ring (bicyclic) bond motifs is 1. The molecule has 64 heavy (non-hydrogen) atoms. The summed E-state index contributed by atoms with van der Waals surface area (Å²) < 4.78 is 136. The Morgan fingerprint density at radius 3 is 1.84 bits per heavy atom. The summed E-state index contributed by atoms with van der Waals surface area (Å²) in [5.41, 5.74) is 2.45. The predicted octanol–water partition coefficient (Wildman–Crippen LogP) is -14.7. The number of benzene rings is 4. The van der Waals surface area contributed by atoms with Crippen molar-refractivity contribution in [2.75, 3.05) is 30.5 Å². The molecular weight excluding hydrogens is 1040 g/mol. The third-order valence-electron chi connectivity index (χ3n) is 7.12. The second-order valence-corrected chi connectivity index (χ2v) is 18.6. The molecule has 0 aliphatic carbocycles. The van der Waals surface area contributed by atoms with E-state index in [1.807, 2.05) is 0 Å². The number of azo groups is 2. The van der Waals surface area contributed by atoms with Gasteiger partial charge >= 0.3 is 148 Å². The van der Waals surface area contributed by atoms with Crippen molar-refractivity contribution in [2.24, 2.45) is 20.5 Å². The predicted molar refractivity (Wildman–Crippen MR) is 187 cm³/mol. The van der Waals surface area contributed by atoms with Crippen LogP contribution in [0.4, 0.5) is 28.4 Å². The largest absolute Gasteiger partial charge is 1.00 e. The number of aromatic hydroxyl groups is 1. The van der Waals surface area contributed by atoms with Crippen LogP contribution >= 0.6 is 24.4 Å². The maximum absolute atomic E-state index is 12.7. The van der Waals surface area contributed by atoms with Crippen LogP contribution in [-0.4, -0.2) is 78.6 Å². The summed E-state index contributed by atoms with van der Waals surface area (Å²) in [4.78, 5) is 9.60. The standard InChI is InChI=1S/C27H25N5O21S6.5Na/c28-23-22-14(12-21(58(42,43)44)25(23)32-29-15-1-3-16(4-2-15)56(38,39)10-8-49-59(45,46)47)11-20(54-52-50-36)24(26(22)33)31-30-19-6-5-17(13-18(19)27(34)35)57(40,41)9-7-48-55-53-51-37;;;;;/h1-6,11-13,33,36-37H,7-10,28H2,(H,34,35)(H,42,43,44)(H,45,46,47);;;;;/q;5*+1/p-5. The third-order valence-corrected chi connectivity index (χ3v) is 12.8. The van der Waals surface area contributed by atoms with Crippen LogP contribution in [-0.2, 0) is 67.3 Å². The van der Waals surface area contributed by atoms with Gasteiger partial charge in [0.1, 0.15) is 21.5 Å². The first-order chi connectivity index (χ1) is 27.6. The topological polar surface area (TPSA) is 420 Å². The first-order valence-electron chi connectivity index (χ1n) is 14.9. The number of rotatable bonds is 21. The number of anilines is 1. The number of carboxylic acid groups (broad SMARTS) is 1. The quantitative estimate of drug-likeness (QED) is 0.00900. The fraction of sp³-hybridized carbons (Fsp3) is 0.148. The van der Waals surface area contributed by atoms with Gasteiger partial charge in [-0.15, -0.1) is 19.7 Å². The Morgan fingerprint density at radius 1 is 0.719 bits per heavy atom. The first-order valence-corrected chi connectivity index (χ1v) is 22.4. The van der Waals surface area contributed by atoms with Crippen molar-refractivity contribution >= 4 is 110 Å². The number of sulfone groups is 2. The number of carbonyl (C=O) groups excluding carboxylic acids is 1. The van der Waals surface area contributed by atoms with Crippen molar-refractivity contribution in [2.45, 2.75) is 19.6 Å². The second-order valence-electron chi connectivity index (χ2n) is 10.7. The van der Waals surface area contributed by atoms with Crippen LogP contribution in [0.15, 0.2) is 94.6 Å². The van der Waals surface area contributed by atoms with Crippen LogP contribution in [0.3, 0.4) is 0 Å². The molecule has 0 saturated heterocycles. The van der Waals surface area contributed by atoms with Gasteiger partial charge in [-0.2, -0.15) is 9.45 Å². The van der Waals surface area contributed by atoms with Crippen LogP contribution in [0.5, 0.6) is 5.75 Å². The number of hydrogen-bond donors (Lipinski definition) is 2. The fourth-order valence-corrected chi connectivity index (χ4v) is 8.66. The van der Waals surface area contributed by atoms with Gasteiger partial charge in [0.25, 0.3) is 0 Å². The average Bonchev–Trinajstić information content (AvgIpc) is 3.15. The first kappa shape index (κ1) is 66.6. The normalized spacial score (nSPS) is 11.9. The molecule has 4 aromatic rings. The van der Waals surface area contributed by atoms with E-state index in [1.165, 1.54) is 0 Å². The summed E-state index contributed by atoms with van der Waals surface area (Å²) in [5.74, 6) is -4.53. The molecule has 0 bridgehead atoms. The van der Waals surface area contributed by atoms with Crippen molar-refractivity contribution in [1.29, 1.82) is 0 Å². The fourth-order valence-electron chi connectivity index (χ4n) is 4.60. The maximum atomic E-state index is 12.7. The van der Waals surface area contributed by atoms with Crippen LogP contribution in [0.1, 0.15) is 10.4 Å². The molecule has 37 heteroatoms. The molecule has 0 saturated carbocycles. The van der Waals surface area contributed by atoms with Gasteiger partial charge in [-0.25, -0.2) is 33.7 Å². The van der Waals surface area contributed by atoms with E-state index in [1.54, 1.807) is 0 Å².